The number of nitrogens with zero attached hydrogens (tertiary/aromatic N) is 1. The van der Waals surface area contributed by atoms with E-state index in [-0.39, 0.29) is 12.5 Å². The maximum Gasteiger partial charge on any atom is 0.227 e. The van der Waals surface area contributed by atoms with E-state index in [0.29, 0.717) is 24.5 Å². The molecule has 1 aromatic heterocycles. The van der Waals surface area contributed by atoms with Gasteiger partial charge in [-0.25, -0.2) is 0 Å². The number of hydrogen-bond donors (Lipinski definition) is 2. The second-order valence-corrected chi connectivity index (χ2v) is 4.81. The van der Waals surface area contributed by atoms with Crippen molar-refractivity contribution in [1.82, 2.24) is 9.88 Å². The van der Waals surface area contributed by atoms with Crippen molar-refractivity contribution >= 4 is 28.4 Å². The van der Waals surface area contributed by atoms with E-state index in [1.54, 1.807) is 4.90 Å². The average molecular weight is 281 g/mol. The summed E-state index contributed by atoms with van der Waals surface area (Å²) in [4.78, 5) is 16.9. The number of amides is 1. The Kier molecular flexibility index (Phi) is 4.45. The SMILES string of the molecule is CCN(CCO)C(=O)Cc1c[nH]c2cc(Cl)ccc12. The van der Waals surface area contributed by atoms with Crippen LogP contribution in [0.3, 0.4) is 0 Å². The number of aliphatic hydroxyl groups is 1. The first-order valence-electron chi connectivity index (χ1n) is 6.29. The largest absolute Gasteiger partial charge is 0.395 e. The van der Waals surface area contributed by atoms with E-state index >= 15 is 0 Å². The summed E-state index contributed by atoms with van der Waals surface area (Å²) in [7, 11) is 0. The lowest BCUT2D eigenvalue weighted by Crippen LogP contribution is -2.34. The van der Waals surface area contributed by atoms with Crippen LogP contribution in [-0.2, 0) is 11.2 Å². The van der Waals surface area contributed by atoms with E-state index in [9.17, 15) is 4.79 Å². The van der Waals surface area contributed by atoms with Gasteiger partial charge in [-0.3, -0.25) is 4.79 Å². The van der Waals surface area contributed by atoms with E-state index < -0.39 is 0 Å². The first-order valence-corrected chi connectivity index (χ1v) is 6.67. The fraction of sp³-hybridized carbons (Fsp3) is 0.357. The maximum absolute atomic E-state index is 12.1. The van der Waals surface area contributed by atoms with Crippen molar-refractivity contribution < 1.29 is 9.90 Å². The molecule has 1 amide bonds. The van der Waals surface area contributed by atoms with Crippen LogP contribution >= 0.6 is 11.6 Å². The van der Waals surface area contributed by atoms with Crippen molar-refractivity contribution in [2.75, 3.05) is 19.7 Å². The number of aromatic amines is 1. The van der Waals surface area contributed by atoms with Crippen molar-refractivity contribution in [2.45, 2.75) is 13.3 Å². The van der Waals surface area contributed by atoms with Crippen LogP contribution in [0.15, 0.2) is 24.4 Å². The summed E-state index contributed by atoms with van der Waals surface area (Å²) in [5, 5.41) is 10.6. The highest BCUT2D eigenvalue weighted by Gasteiger charge is 2.14. The normalized spacial score (nSPS) is 10.9. The topological polar surface area (TPSA) is 56.3 Å². The van der Waals surface area contributed by atoms with Gasteiger partial charge in [-0.05, 0) is 24.6 Å². The molecule has 1 heterocycles. The molecule has 0 fully saturated rings. The van der Waals surface area contributed by atoms with E-state index in [0.717, 1.165) is 16.5 Å². The minimum absolute atomic E-state index is 0.0108. The van der Waals surface area contributed by atoms with Gasteiger partial charge < -0.3 is 15.0 Å². The number of aromatic nitrogens is 1. The Bertz CT molecular complexity index is 580. The van der Waals surface area contributed by atoms with Crippen molar-refractivity contribution in [2.24, 2.45) is 0 Å². The van der Waals surface area contributed by atoms with E-state index in [1.165, 1.54) is 0 Å². The molecule has 0 saturated carbocycles. The van der Waals surface area contributed by atoms with Gasteiger partial charge in [0.25, 0.3) is 0 Å². The lowest BCUT2D eigenvalue weighted by Gasteiger charge is -2.19. The lowest BCUT2D eigenvalue weighted by atomic mass is 10.1. The Morgan fingerprint density at radius 1 is 1.47 bits per heavy atom. The maximum atomic E-state index is 12.1. The zero-order valence-electron chi connectivity index (χ0n) is 10.8. The Morgan fingerprint density at radius 2 is 2.26 bits per heavy atom. The summed E-state index contributed by atoms with van der Waals surface area (Å²) >= 11 is 5.92. The lowest BCUT2D eigenvalue weighted by molar-refractivity contribution is -0.130. The predicted octanol–water partition coefficient (Wildman–Crippen LogP) is 2.20. The number of rotatable bonds is 5. The minimum atomic E-state index is -0.0108. The fourth-order valence-corrected chi connectivity index (χ4v) is 2.33. The second-order valence-electron chi connectivity index (χ2n) is 4.38. The van der Waals surface area contributed by atoms with Gasteiger partial charge in [0.05, 0.1) is 13.0 Å². The standard InChI is InChI=1S/C14H17ClN2O2/c1-2-17(5-6-18)14(19)7-10-9-16-13-8-11(15)3-4-12(10)13/h3-4,8-9,16,18H,2,5-7H2,1H3. The van der Waals surface area contributed by atoms with Crippen molar-refractivity contribution in [1.29, 1.82) is 0 Å². The van der Waals surface area contributed by atoms with Crippen molar-refractivity contribution in [3.05, 3.63) is 35.0 Å². The van der Waals surface area contributed by atoms with Gasteiger partial charge >= 0.3 is 0 Å². The molecule has 0 radical (unpaired) electrons. The number of benzene rings is 1. The number of likely N-dealkylation sites (N-methyl/N-ethyl adjacent to an activating group) is 1. The molecule has 102 valence electrons. The number of H-pyrrole nitrogens is 1. The van der Waals surface area contributed by atoms with Crippen LogP contribution in [-0.4, -0.2) is 40.6 Å². The molecule has 0 spiro atoms. The third kappa shape index (κ3) is 3.08. The molecule has 0 atom stereocenters. The summed E-state index contributed by atoms with van der Waals surface area (Å²) in [6.45, 7) is 2.88. The summed E-state index contributed by atoms with van der Waals surface area (Å²) < 4.78 is 0. The Balaban J connectivity index is 2.19. The number of halogens is 1. The summed E-state index contributed by atoms with van der Waals surface area (Å²) in [6, 6.07) is 5.58. The van der Waals surface area contributed by atoms with Crippen LogP contribution in [0.1, 0.15) is 12.5 Å². The molecule has 2 N–H and O–H groups in total. The van der Waals surface area contributed by atoms with Gasteiger partial charge in [-0.15, -0.1) is 0 Å². The van der Waals surface area contributed by atoms with Gasteiger partial charge in [-0.1, -0.05) is 17.7 Å². The molecule has 0 unspecified atom stereocenters. The minimum Gasteiger partial charge on any atom is -0.395 e. The fourth-order valence-electron chi connectivity index (χ4n) is 2.16. The van der Waals surface area contributed by atoms with Crippen LogP contribution in [0.2, 0.25) is 5.02 Å². The predicted molar refractivity (Wildman–Crippen MR) is 76.4 cm³/mol. The number of carbonyl (C=O) groups excluding carboxylic acids is 1. The van der Waals surface area contributed by atoms with Crippen LogP contribution in [0.25, 0.3) is 10.9 Å². The third-order valence-corrected chi connectivity index (χ3v) is 3.41. The Labute approximate surface area is 117 Å². The number of carbonyl (C=O) groups is 1. The molecule has 0 aliphatic rings. The highest BCUT2D eigenvalue weighted by molar-refractivity contribution is 6.31. The number of aliphatic hydroxyl groups excluding tert-OH is 1. The molecular weight excluding hydrogens is 264 g/mol. The molecule has 0 saturated heterocycles. The second kappa shape index (κ2) is 6.08. The molecule has 0 aliphatic heterocycles. The highest BCUT2D eigenvalue weighted by Crippen LogP contribution is 2.22. The molecule has 4 nitrogen and oxygen atoms in total. The quantitative estimate of drug-likeness (QED) is 0.882. The van der Waals surface area contributed by atoms with Crippen LogP contribution < -0.4 is 0 Å². The highest BCUT2D eigenvalue weighted by atomic mass is 35.5. The summed E-state index contributed by atoms with van der Waals surface area (Å²) in [5.41, 5.74) is 1.88. The summed E-state index contributed by atoms with van der Waals surface area (Å²) in [6.07, 6.45) is 2.17. The molecule has 0 bridgehead atoms. The first-order chi connectivity index (χ1) is 9.15. The van der Waals surface area contributed by atoms with Crippen LogP contribution in [0, 0.1) is 0 Å². The Hall–Kier alpha value is -1.52. The molecule has 1 aromatic carbocycles. The molecule has 5 heteroatoms. The molecular formula is C14H17ClN2O2. The number of fused-ring (bicyclic) bond motifs is 1. The smallest absolute Gasteiger partial charge is 0.227 e. The monoisotopic (exact) mass is 280 g/mol. The van der Waals surface area contributed by atoms with Crippen molar-refractivity contribution in [3.8, 4) is 0 Å². The zero-order valence-corrected chi connectivity index (χ0v) is 11.6. The molecule has 0 aliphatic carbocycles. The molecule has 19 heavy (non-hydrogen) atoms. The van der Waals surface area contributed by atoms with Gasteiger partial charge in [0, 0.05) is 35.2 Å². The Morgan fingerprint density at radius 3 is 2.95 bits per heavy atom. The van der Waals surface area contributed by atoms with Gasteiger partial charge in [-0.2, -0.15) is 0 Å². The van der Waals surface area contributed by atoms with Crippen LogP contribution in [0.4, 0.5) is 0 Å². The third-order valence-electron chi connectivity index (χ3n) is 3.18. The zero-order chi connectivity index (χ0) is 13.8. The first kappa shape index (κ1) is 13.9. The van der Waals surface area contributed by atoms with E-state index in [4.69, 9.17) is 16.7 Å². The summed E-state index contributed by atoms with van der Waals surface area (Å²) in [5.74, 6) is 0.0207. The van der Waals surface area contributed by atoms with Crippen molar-refractivity contribution in [3.63, 3.8) is 0 Å². The molecule has 2 rings (SSSR count). The average Bonchev–Trinajstić information content (AvgIpc) is 2.78. The van der Waals surface area contributed by atoms with Gasteiger partial charge in [0.1, 0.15) is 0 Å². The number of hydrogen-bond acceptors (Lipinski definition) is 2. The van der Waals surface area contributed by atoms with Gasteiger partial charge in [0.15, 0.2) is 0 Å². The molecule has 2 aromatic rings. The van der Waals surface area contributed by atoms with E-state index in [1.807, 2.05) is 31.3 Å². The van der Waals surface area contributed by atoms with Crippen LogP contribution in [0.5, 0.6) is 0 Å². The number of nitrogens with one attached hydrogen (secondary N) is 1. The van der Waals surface area contributed by atoms with E-state index in [2.05, 4.69) is 4.98 Å². The van der Waals surface area contributed by atoms with Gasteiger partial charge in [0.2, 0.25) is 5.91 Å².